The Morgan fingerprint density at radius 1 is 1.00 bits per heavy atom. The van der Waals surface area contributed by atoms with Crippen LogP contribution in [0.3, 0.4) is 0 Å². The molecule has 0 aromatic heterocycles. The van der Waals surface area contributed by atoms with Gasteiger partial charge in [0.2, 0.25) is 0 Å². The predicted molar refractivity (Wildman–Crippen MR) is 151 cm³/mol. The van der Waals surface area contributed by atoms with Crippen molar-refractivity contribution in [2.75, 3.05) is 5.32 Å². The highest BCUT2D eigenvalue weighted by Crippen LogP contribution is 2.25. The van der Waals surface area contributed by atoms with Crippen molar-refractivity contribution in [2.24, 2.45) is 5.92 Å². The van der Waals surface area contributed by atoms with Crippen LogP contribution in [-0.2, 0) is 12.8 Å². The van der Waals surface area contributed by atoms with Crippen molar-refractivity contribution in [2.45, 2.75) is 60.8 Å². The van der Waals surface area contributed by atoms with Crippen molar-refractivity contribution in [1.82, 2.24) is 5.32 Å². The number of nitrogens with one attached hydrogen (secondary N) is 2. The molecule has 0 aliphatic carbocycles. The Hall–Kier alpha value is -3.26. The molecule has 2 nitrogen and oxygen atoms in total. The van der Waals surface area contributed by atoms with Gasteiger partial charge in [-0.2, -0.15) is 0 Å². The van der Waals surface area contributed by atoms with E-state index in [9.17, 15) is 0 Å². The molecule has 0 aliphatic heterocycles. The summed E-state index contributed by atoms with van der Waals surface area (Å²) in [5, 5.41) is 6.97. The van der Waals surface area contributed by atoms with Crippen molar-refractivity contribution < 1.29 is 0 Å². The molecule has 2 heteroatoms. The van der Waals surface area contributed by atoms with Crippen molar-refractivity contribution in [3.8, 4) is 0 Å². The van der Waals surface area contributed by atoms with Crippen molar-refractivity contribution in [3.63, 3.8) is 0 Å². The maximum atomic E-state index is 4.41. The molecule has 1 unspecified atom stereocenters. The molecule has 2 N–H and O–H groups in total. The highest BCUT2D eigenvalue weighted by molar-refractivity contribution is 5.56. The van der Waals surface area contributed by atoms with Crippen molar-refractivity contribution >= 4 is 5.69 Å². The molecule has 0 fully saturated rings. The fraction of sp³-hybridized carbons (Fsp3) is 0.312. The SMILES string of the molecule is C=C/C(=C\C(NC(=C)C(CC)Cc1ccccc1)=C(C)C)Cc1c(C)cc(NC(=C)C)cc1C. The summed E-state index contributed by atoms with van der Waals surface area (Å²) >= 11 is 0. The van der Waals surface area contributed by atoms with Gasteiger partial charge < -0.3 is 10.6 Å². The predicted octanol–water partition coefficient (Wildman–Crippen LogP) is 8.57. The number of anilines is 1. The minimum atomic E-state index is 0.371. The third-order valence-electron chi connectivity index (χ3n) is 6.17. The average molecular weight is 455 g/mol. The molecule has 0 radical (unpaired) electrons. The summed E-state index contributed by atoms with van der Waals surface area (Å²) in [5.74, 6) is 0.371. The lowest BCUT2D eigenvalue weighted by Crippen LogP contribution is -2.21. The summed E-state index contributed by atoms with van der Waals surface area (Å²) in [6.45, 7) is 25.3. The van der Waals surface area contributed by atoms with Crippen LogP contribution in [0.2, 0.25) is 0 Å². The van der Waals surface area contributed by atoms with Gasteiger partial charge >= 0.3 is 0 Å². The maximum absolute atomic E-state index is 4.41. The molecule has 34 heavy (non-hydrogen) atoms. The van der Waals surface area contributed by atoms with Crippen LogP contribution in [-0.4, -0.2) is 0 Å². The molecule has 0 bridgehead atoms. The molecule has 2 aromatic carbocycles. The average Bonchev–Trinajstić information content (AvgIpc) is 2.78. The smallest absolute Gasteiger partial charge is 0.0387 e. The van der Waals surface area contributed by atoms with Gasteiger partial charge in [0.05, 0.1) is 0 Å². The largest absolute Gasteiger partial charge is 0.360 e. The topological polar surface area (TPSA) is 24.1 Å². The Bertz CT molecular complexity index is 1060. The quantitative estimate of drug-likeness (QED) is 0.314. The molecule has 0 spiro atoms. The van der Waals surface area contributed by atoms with Gasteiger partial charge in [0.25, 0.3) is 0 Å². The normalized spacial score (nSPS) is 12.0. The summed E-state index contributed by atoms with van der Waals surface area (Å²) in [5.41, 5.74) is 11.8. The van der Waals surface area contributed by atoms with E-state index in [0.29, 0.717) is 5.92 Å². The minimum absolute atomic E-state index is 0.371. The Balaban J connectivity index is 2.23. The first-order valence-electron chi connectivity index (χ1n) is 12.2. The number of rotatable bonds is 12. The number of aryl methyl sites for hydroxylation is 2. The molecule has 0 aliphatic rings. The molecule has 0 heterocycles. The highest BCUT2D eigenvalue weighted by atomic mass is 14.9. The first-order valence-corrected chi connectivity index (χ1v) is 12.2. The molecule has 1 atom stereocenters. The van der Waals surface area contributed by atoms with Crippen LogP contribution in [0.4, 0.5) is 5.69 Å². The van der Waals surface area contributed by atoms with E-state index in [1.807, 2.05) is 13.0 Å². The van der Waals surface area contributed by atoms with Crippen LogP contribution in [0, 0.1) is 19.8 Å². The van der Waals surface area contributed by atoms with Gasteiger partial charge in [-0.1, -0.05) is 68.6 Å². The summed E-state index contributed by atoms with van der Waals surface area (Å²) in [6.07, 6.45) is 7.05. The standard InChI is InChI=1S/C32H42N2/c1-10-27(20-31-24(7)17-30(18-25(31)8)33-23(5)6)21-32(22(3)4)34-26(9)29(11-2)19-28-15-13-12-14-16-28/h10,12-18,21,29,33-34H,1,5,9,11,19-20H2,2-4,6-8H3/b27-21+. The van der Waals surface area contributed by atoms with E-state index < -0.39 is 0 Å². The molecular weight excluding hydrogens is 412 g/mol. The highest BCUT2D eigenvalue weighted by Gasteiger charge is 2.14. The second-order valence-electron chi connectivity index (χ2n) is 9.45. The van der Waals surface area contributed by atoms with Gasteiger partial charge in [-0.05, 0) is 99.9 Å². The number of allylic oxidation sites excluding steroid dienone is 6. The van der Waals surface area contributed by atoms with E-state index in [2.05, 4.69) is 114 Å². The van der Waals surface area contributed by atoms with Crippen molar-refractivity contribution in [3.05, 3.63) is 125 Å². The molecule has 2 aromatic rings. The molecule has 180 valence electrons. The van der Waals surface area contributed by atoms with Crippen LogP contribution >= 0.6 is 0 Å². The lowest BCUT2D eigenvalue weighted by atomic mass is 9.93. The Morgan fingerprint density at radius 3 is 2.12 bits per heavy atom. The van der Waals surface area contributed by atoms with Crippen LogP contribution < -0.4 is 10.6 Å². The third kappa shape index (κ3) is 7.95. The zero-order valence-corrected chi connectivity index (χ0v) is 22.0. The monoisotopic (exact) mass is 454 g/mol. The molecule has 2 rings (SSSR count). The lowest BCUT2D eigenvalue weighted by molar-refractivity contribution is 0.560. The van der Waals surface area contributed by atoms with Crippen LogP contribution in [0.5, 0.6) is 0 Å². The second-order valence-corrected chi connectivity index (χ2v) is 9.45. The fourth-order valence-electron chi connectivity index (χ4n) is 4.16. The van der Waals surface area contributed by atoms with Gasteiger partial charge in [0, 0.05) is 28.7 Å². The maximum Gasteiger partial charge on any atom is 0.0387 e. The van der Waals surface area contributed by atoms with Gasteiger partial charge in [-0.3, -0.25) is 0 Å². The molecule has 0 saturated carbocycles. The summed E-state index contributed by atoms with van der Waals surface area (Å²) in [7, 11) is 0. The fourth-order valence-corrected chi connectivity index (χ4v) is 4.16. The Labute approximate surface area is 207 Å². The van der Waals surface area contributed by atoms with Crippen LogP contribution in [0.1, 0.15) is 56.4 Å². The zero-order chi connectivity index (χ0) is 25.3. The van der Waals surface area contributed by atoms with E-state index in [0.717, 1.165) is 42.0 Å². The van der Waals surface area contributed by atoms with E-state index in [4.69, 9.17) is 0 Å². The van der Waals surface area contributed by atoms with Gasteiger partial charge in [-0.15, -0.1) is 0 Å². The number of benzene rings is 2. The molecular formula is C32H42N2. The summed E-state index contributed by atoms with van der Waals surface area (Å²) in [6, 6.07) is 15.0. The van der Waals surface area contributed by atoms with E-state index >= 15 is 0 Å². The zero-order valence-electron chi connectivity index (χ0n) is 22.0. The first-order chi connectivity index (χ1) is 16.1. The minimum Gasteiger partial charge on any atom is -0.360 e. The van der Waals surface area contributed by atoms with E-state index in [-0.39, 0.29) is 0 Å². The summed E-state index contributed by atoms with van der Waals surface area (Å²) < 4.78 is 0. The Kier molecular flexibility index (Phi) is 10.2. The van der Waals surface area contributed by atoms with Crippen molar-refractivity contribution in [1.29, 1.82) is 0 Å². The molecule has 0 amide bonds. The van der Waals surface area contributed by atoms with E-state index in [1.165, 1.54) is 33.4 Å². The second kappa shape index (κ2) is 12.8. The lowest BCUT2D eigenvalue weighted by Gasteiger charge is -2.22. The van der Waals surface area contributed by atoms with E-state index in [1.54, 1.807) is 0 Å². The summed E-state index contributed by atoms with van der Waals surface area (Å²) in [4.78, 5) is 0. The van der Waals surface area contributed by atoms with Gasteiger partial charge in [0.15, 0.2) is 0 Å². The Morgan fingerprint density at radius 2 is 1.62 bits per heavy atom. The number of hydrogen-bond acceptors (Lipinski definition) is 2. The molecule has 0 saturated heterocycles. The van der Waals surface area contributed by atoms with Gasteiger partial charge in [-0.25, -0.2) is 0 Å². The third-order valence-corrected chi connectivity index (χ3v) is 6.17. The first kappa shape index (κ1) is 27.0. The van der Waals surface area contributed by atoms with Crippen LogP contribution in [0.25, 0.3) is 0 Å². The van der Waals surface area contributed by atoms with Crippen LogP contribution in [0.15, 0.2) is 103 Å². The van der Waals surface area contributed by atoms with Gasteiger partial charge in [0.1, 0.15) is 0 Å². The number of hydrogen-bond donors (Lipinski definition) is 2.